The van der Waals surface area contributed by atoms with Gasteiger partial charge in [0.15, 0.2) is 23.1 Å². The summed E-state index contributed by atoms with van der Waals surface area (Å²) in [7, 11) is 0. The van der Waals surface area contributed by atoms with E-state index in [1.807, 2.05) is 18.2 Å². The first-order chi connectivity index (χ1) is 16.5. The minimum absolute atomic E-state index is 0.00522. The lowest BCUT2D eigenvalue weighted by Gasteiger charge is -2.26. The standard InChI is InChI=1S/C23H19F2N9/c24-14-10-16-18(33-34(23(16)28-11-14)12-13-6-4-5-9-17(13)25)22-29-20(26)19(21(27)30-22)32-31-15-7-2-1-3-8-15/h1-11,23,28H,12H2,(H4,26,27,29,30)/b32-31+. The van der Waals surface area contributed by atoms with Gasteiger partial charge in [-0.1, -0.05) is 36.4 Å². The number of nitrogen functional groups attached to an aromatic ring is 2. The highest BCUT2D eigenvalue weighted by Crippen LogP contribution is 2.32. The molecule has 2 aliphatic rings. The number of aromatic nitrogens is 2. The van der Waals surface area contributed by atoms with Crippen molar-refractivity contribution in [1.29, 1.82) is 0 Å². The van der Waals surface area contributed by atoms with Crippen molar-refractivity contribution >= 4 is 28.7 Å². The number of nitrogens with two attached hydrogens (primary N) is 2. The Morgan fingerprint density at radius 3 is 2.38 bits per heavy atom. The van der Waals surface area contributed by atoms with Gasteiger partial charge in [-0.3, -0.25) is 5.01 Å². The van der Waals surface area contributed by atoms with Gasteiger partial charge in [0.2, 0.25) is 0 Å². The molecule has 0 amide bonds. The fourth-order valence-corrected chi connectivity index (χ4v) is 3.61. The van der Waals surface area contributed by atoms with Crippen molar-refractivity contribution in [2.45, 2.75) is 12.7 Å². The molecule has 0 radical (unpaired) electrons. The molecule has 2 aromatic carbocycles. The van der Waals surface area contributed by atoms with Crippen LogP contribution in [0.3, 0.4) is 0 Å². The molecule has 0 aliphatic carbocycles. The van der Waals surface area contributed by atoms with Gasteiger partial charge in [-0.2, -0.15) is 10.2 Å². The van der Waals surface area contributed by atoms with Crippen molar-refractivity contribution in [2.75, 3.05) is 11.5 Å². The number of rotatable bonds is 5. The molecule has 1 aromatic heterocycles. The molecule has 3 aromatic rings. The number of benzene rings is 2. The van der Waals surface area contributed by atoms with Crippen molar-refractivity contribution < 1.29 is 8.78 Å². The van der Waals surface area contributed by atoms with E-state index in [0.717, 1.165) is 0 Å². The van der Waals surface area contributed by atoms with Crippen LogP contribution in [0.5, 0.6) is 0 Å². The molecule has 0 fully saturated rings. The van der Waals surface area contributed by atoms with E-state index in [2.05, 4.69) is 30.6 Å². The molecule has 0 spiro atoms. The Balaban J connectivity index is 1.50. The van der Waals surface area contributed by atoms with E-state index < -0.39 is 12.0 Å². The average Bonchev–Trinajstić information content (AvgIpc) is 3.18. The van der Waals surface area contributed by atoms with E-state index in [1.165, 1.54) is 18.3 Å². The maximum atomic E-state index is 14.2. The fraction of sp³-hybridized carbons (Fsp3) is 0.0870. The summed E-state index contributed by atoms with van der Waals surface area (Å²) in [6, 6.07) is 15.4. The molecule has 1 atom stereocenters. The van der Waals surface area contributed by atoms with E-state index in [1.54, 1.807) is 35.3 Å². The minimum Gasteiger partial charge on any atom is -0.382 e. The van der Waals surface area contributed by atoms with Crippen LogP contribution in [-0.2, 0) is 6.54 Å². The SMILES string of the molecule is Nc1nc(C2=NN(Cc3ccccc3F)C3NC=C(F)C=C23)nc(N)c1/N=N/c1ccccc1. The second kappa shape index (κ2) is 8.70. The second-order valence-corrected chi connectivity index (χ2v) is 7.54. The molecule has 170 valence electrons. The van der Waals surface area contributed by atoms with Gasteiger partial charge in [-0.05, 0) is 24.3 Å². The predicted octanol–water partition coefficient (Wildman–Crippen LogP) is 4.08. The number of fused-ring (bicyclic) bond motifs is 1. The van der Waals surface area contributed by atoms with Gasteiger partial charge >= 0.3 is 0 Å². The van der Waals surface area contributed by atoms with E-state index in [9.17, 15) is 8.78 Å². The Kier molecular flexibility index (Phi) is 5.42. The zero-order chi connectivity index (χ0) is 23.7. The number of hydrazone groups is 1. The summed E-state index contributed by atoms with van der Waals surface area (Å²) in [6.07, 6.45) is 2.00. The summed E-state index contributed by atoms with van der Waals surface area (Å²) >= 11 is 0. The maximum absolute atomic E-state index is 14.2. The van der Waals surface area contributed by atoms with Gasteiger partial charge in [-0.25, -0.2) is 18.7 Å². The molecule has 1 unspecified atom stereocenters. The normalized spacial score (nSPS) is 17.2. The number of dihydropyridines is 1. The van der Waals surface area contributed by atoms with Crippen LogP contribution in [0.1, 0.15) is 11.4 Å². The van der Waals surface area contributed by atoms with Crippen LogP contribution in [0.15, 0.2) is 93.6 Å². The molecule has 3 heterocycles. The Labute approximate surface area is 193 Å². The number of hydrogen-bond acceptors (Lipinski definition) is 9. The molecule has 5 N–H and O–H groups in total. The van der Waals surface area contributed by atoms with Crippen molar-refractivity contribution in [3.8, 4) is 0 Å². The zero-order valence-corrected chi connectivity index (χ0v) is 17.7. The van der Waals surface area contributed by atoms with Gasteiger partial charge in [0, 0.05) is 17.3 Å². The van der Waals surface area contributed by atoms with Crippen LogP contribution in [0.4, 0.5) is 31.8 Å². The van der Waals surface area contributed by atoms with Crippen molar-refractivity contribution in [1.82, 2.24) is 20.3 Å². The second-order valence-electron chi connectivity index (χ2n) is 7.54. The summed E-state index contributed by atoms with van der Waals surface area (Å²) in [5.41, 5.74) is 14.1. The smallest absolute Gasteiger partial charge is 0.184 e. The third kappa shape index (κ3) is 4.06. The first kappa shape index (κ1) is 21.2. The van der Waals surface area contributed by atoms with Crippen molar-refractivity contribution in [3.05, 3.63) is 95.5 Å². The molecule has 34 heavy (non-hydrogen) atoms. The highest BCUT2D eigenvalue weighted by atomic mass is 19.1. The Bertz CT molecular complexity index is 1340. The molecule has 0 saturated carbocycles. The first-order valence-corrected chi connectivity index (χ1v) is 10.3. The molecule has 5 rings (SSSR count). The number of hydrogen-bond donors (Lipinski definition) is 3. The largest absolute Gasteiger partial charge is 0.382 e. The number of halogens is 2. The lowest BCUT2D eigenvalue weighted by Crippen LogP contribution is -2.40. The first-order valence-electron chi connectivity index (χ1n) is 10.3. The summed E-state index contributed by atoms with van der Waals surface area (Å²) in [5.74, 6) is -0.783. The Morgan fingerprint density at radius 2 is 1.65 bits per heavy atom. The van der Waals surface area contributed by atoms with Crippen LogP contribution < -0.4 is 16.8 Å². The molecular weight excluding hydrogens is 440 g/mol. The Morgan fingerprint density at radius 1 is 0.941 bits per heavy atom. The lowest BCUT2D eigenvalue weighted by atomic mass is 10.0. The molecule has 9 nitrogen and oxygen atoms in total. The van der Waals surface area contributed by atoms with Crippen molar-refractivity contribution in [2.24, 2.45) is 15.3 Å². The van der Waals surface area contributed by atoms with E-state index >= 15 is 0 Å². The molecular formula is C23H19F2N9. The third-order valence-electron chi connectivity index (χ3n) is 5.23. The summed E-state index contributed by atoms with van der Waals surface area (Å²) in [4.78, 5) is 8.59. The lowest BCUT2D eigenvalue weighted by molar-refractivity contribution is 0.218. The number of nitrogens with zero attached hydrogens (tertiary/aromatic N) is 6. The molecule has 11 heteroatoms. The number of nitrogens with one attached hydrogen (secondary N) is 1. The third-order valence-corrected chi connectivity index (χ3v) is 5.23. The molecule has 0 bridgehead atoms. The average molecular weight is 459 g/mol. The number of anilines is 2. The summed E-state index contributed by atoms with van der Waals surface area (Å²) in [5, 5.41) is 17.2. The van der Waals surface area contributed by atoms with Gasteiger partial charge in [0.25, 0.3) is 0 Å². The van der Waals surface area contributed by atoms with Crippen LogP contribution in [0.2, 0.25) is 0 Å². The zero-order valence-electron chi connectivity index (χ0n) is 17.7. The predicted molar refractivity (Wildman–Crippen MR) is 124 cm³/mol. The number of azo groups is 1. The van der Waals surface area contributed by atoms with Crippen LogP contribution in [0.25, 0.3) is 0 Å². The van der Waals surface area contributed by atoms with Crippen LogP contribution >= 0.6 is 0 Å². The van der Waals surface area contributed by atoms with Gasteiger partial charge in [-0.15, -0.1) is 5.11 Å². The Hall–Kier alpha value is -4.67. The van der Waals surface area contributed by atoms with Gasteiger partial charge in [0.1, 0.15) is 23.5 Å². The quantitative estimate of drug-likeness (QED) is 0.493. The molecule has 2 aliphatic heterocycles. The van der Waals surface area contributed by atoms with Crippen molar-refractivity contribution in [3.63, 3.8) is 0 Å². The summed E-state index contributed by atoms with van der Waals surface area (Å²) < 4.78 is 28.3. The van der Waals surface area contributed by atoms with Gasteiger partial charge in [0.05, 0.1) is 12.2 Å². The highest BCUT2D eigenvalue weighted by molar-refractivity contribution is 6.13. The number of allylic oxidation sites excluding steroid dienone is 2. The van der Waals surface area contributed by atoms with Crippen LogP contribution in [-0.4, -0.2) is 26.9 Å². The van der Waals surface area contributed by atoms with Crippen LogP contribution in [0, 0.1) is 5.82 Å². The topological polar surface area (TPSA) is 130 Å². The monoisotopic (exact) mass is 459 g/mol. The summed E-state index contributed by atoms with van der Waals surface area (Å²) in [6.45, 7) is 0.134. The van der Waals surface area contributed by atoms with Gasteiger partial charge < -0.3 is 16.8 Å². The van der Waals surface area contributed by atoms with E-state index in [-0.39, 0.29) is 41.2 Å². The fourth-order valence-electron chi connectivity index (χ4n) is 3.61. The maximum Gasteiger partial charge on any atom is 0.184 e. The highest BCUT2D eigenvalue weighted by Gasteiger charge is 2.36. The van der Waals surface area contributed by atoms with E-state index in [0.29, 0.717) is 16.8 Å². The minimum atomic E-state index is -0.544. The molecule has 0 saturated heterocycles. The van der Waals surface area contributed by atoms with E-state index in [4.69, 9.17) is 11.5 Å².